The summed E-state index contributed by atoms with van der Waals surface area (Å²) in [4.78, 5) is 24.2. The van der Waals surface area contributed by atoms with E-state index in [1.807, 2.05) is 13.8 Å². The lowest BCUT2D eigenvalue weighted by Crippen LogP contribution is -2.39. The van der Waals surface area contributed by atoms with E-state index in [0.29, 0.717) is 17.8 Å². The number of aromatic nitrogens is 4. The molecule has 2 rings (SSSR count). The van der Waals surface area contributed by atoms with Crippen molar-refractivity contribution in [2.24, 2.45) is 11.8 Å². The van der Waals surface area contributed by atoms with E-state index in [2.05, 4.69) is 20.8 Å². The highest BCUT2D eigenvalue weighted by Crippen LogP contribution is 2.17. The molecule has 1 amide bonds. The zero-order valence-corrected chi connectivity index (χ0v) is 15.6. The molecule has 9 heteroatoms. The van der Waals surface area contributed by atoms with E-state index in [4.69, 9.17) is 0 Å². The highest BCUT2D eigenvalue weighted by atomic mass is 19.1. The lowest BCUT2D eigenvalue weighted by molar-refractivity contribution is -0.142. The first-order valence-electron chi connectivity index (χ1n) is 8.77. The average Bonchev–Trinajstić information content (AvgIpc) is 3.01. The van der Waals surface area contributed by atoms with E-state index in [0.717, 1.165) is 0 Å². The monoisotopic (exact) mass is 377 g/mol. The second-order valence-corrected chi connectivity index (χ2v) is 6.93. The van der Waals surface area contributed by atoms with Crippen LogP contribution >= 0.6 is 0 Å². The number of rotatable bonds is 9. The summed E-state index contributed by atoms with van der Waals surface area (Å²) in [6.45, 7) is 5.52. The van der Waals surface area contributed by atoms with Crippen LogP contribution < -0.4 is 5.32 Å². The number of nitrogens with one attached hydrogen (secondary N) is 1. The van der Waals surface area contributed by atoms with Crippen LogP contribution in [-0.2, 0) is 16.0 Å². The van der Waals surface area contributed by atoms with Crippen molar-refractivity contribution in [3.63, 3.8) is 0 Å². The third-order valence-corrected chi connectivity index (χ3v) is 4.20. The number of aliphatic carboxylic acids is 1. The molecule has 0 radical (unpaired) electrons. The Morgan fingerprint density at radius 1 is 1.33 bits per heavy atom. The van der Waals surface area contributed by atoms with E-state index in [1.54, 1.807) is 19.1 Å². The van der Waals surface area contributed by atoms with Gasteiger partial charge in [-0.15, -0.1) is 5.10 Å². The number of benzene rings is 1. The van der Waals surface area contributed by atoms with Gasteiger partial charge in [0.1, 0.15) is 17.7 Å². The number of carboxylic acid groups (broad SMARTS) is 1. The van der Waals surface area contributed by atoms with Crippen molar-refractivity contribution >= 4 is 11.9 Å². The number of halogens is 1. The molecular weight excluding hydrogens is 353 g/mol. The average molecular weight is 377 g/mol. The predicted octanol–water partition coefficient (Wildman–Crippen LogP) is 1.77. The standard InChI is InChI=1S/C18H24FN5O3/c1-11(2)7-14(18(26)27)10-20-17(25)16(24-12(3)21-22-23-24)9-13-5-4-6-15(19)8-13/h4-6,8,11,14,16H,7,9-10H2,1-3H3,(H,20,25)(H,26,27). The fourth-order valence-corrected chi connectivity index (χ4v) is 2.89. The maximum atomic E-state index is 13.5. The van der Waals surface area contributed by atoms with E-state index in [9.17, 15) is 19.1 Å². The minimum atomic E-state index is -0.954. The molecule has 1 aromatic carbocycles. The first kappa shape index (κ1) is 20.5. The smallest absolute Gasteiger partial charge is 0.308 e. The lowest BCUT2D eigenvalue weighted by atomic mass is 9.97. The van der Waals surface area contributed by atoms with Crippen LogP contribution in [0.25, 0.3) is 0 Å². The van der Waals surface area contributed by atoms with Crippen LogP contribution in [0.5, 0.6) is 0 Å². The molecule has 1 heterocycles. The van der Waals surface area contributed by atoms with Crippen LogP contribution in [0, 0.1) is 24.6 Å². The fourth-order valence-electron chi connectivity index (χ4n) is 2.89. The molecule has 0 bridgehead atoms. The maximum Gasteiger partial charge on any atom is 0.308 e. The minimum absolute atomic E-state index is 0.00711. The third-order valence-electron chi connectivity index (χ3n) is 4.20. The normalized spacial score (nSPS) is 13.4. The molecule has 8 nitrogen and oxygen atoms in total. The summed E-state index contributed by atoms with van der Waals surface area (Å²) in [5.74, 6) is -1.83. The van der Waals surface area contributed by atoms with Gasteiger partial charge in [-0.1, -0.05) is 26.0 Å². The number of hydrogen-bond acceptors (Lipinski definition) is 5. The molecule has 0 aliphatic rings. The van der Waals surface area contributed by atoms with E-state index in [1.165, 1.54) is 16.8 Å². The van der Waals surface area contributed by atoms with Gasteiger partial charge in [0.25, 0.3) is 0 Å². The van der Waals surface area contributed by atoms with Gasteiger partial charge < -0.3 is 10.4 Å². The Hall–Kier alpha value is -2.84. The van der Waals surface area contributed by atoms with Crippen molar-refractivity contribution in [1.82, 2.24) is 25.5 Å². The maximum absolute atomic E-state index is 13.5. The first-order valence-corrected chi connectivity index (χ1v) is 8.77. The van der Waals surface area contributed by atoms with Gasteiger partial charge >= 0.3 is 5.97 Å². The number of carbonyl (C=O) groups excluding carboxylic acids is 1. The molecule has 0 aliphatic heterocycles. The summed E-state index contributed by atoms with van der Waals surface area (Å²) in [6.07, 6.45) is 0.630. The van der Waals surface area contributed by atoms with Gasteiger partial charge in [0.2, 0.25) is 5.91 Å². The SMILES string of the molecule is Cc1nnnn1C(Cc1cccc(F)c1)C(=O)NCC(CC(C)C)C(=O)O. The molecule has 0 fully saturated rings. The van der Waals surface area contributed by atoms with Crippen LogP contribution in [0.4, 0.5) is 4.39 Å². The van der Waals surface area contributed by atoms with Gasteiger partial charge in [0, 0.05) is 13.0 Å². The topological polar surface area (TPSA) is 110 Å². The molecule has 0 saturated heterocycles. The summed E-state index contributed by atoms with van der Waals surface area (Å²) in [5.41, 5.74) is 0.613. The van der Waals surface area contributed by atoms with Crippen LogP contribution in [0.2, 0.25) is 0 Å². The van der Waals surface area contributed by atoms with E-state index >= 15 is 0 Å². The van der Waals surface area contributed by atoms with Crippen molar-refractivity contribution in [2.45, 2.75) is 39.7 Å². The molecular formula is C18H24FN5O3. The predicted molar refractivity (Wildman–Crippen MR) is 95.3 cm³/mol. The number of carboxylic acids is 1. The van der Waals surface area contributed by atoms with Gasteiger partial charge in [0.15, 0.2) is 0 Å². The lowest BCUT2D eigenvalue weighted by Gasteiger charge is -2.20. The van der Waals surface area contributed by atoms with Gasteiger partial charge in [-0.2, -0.15) is 0 Å². The summed E-state index contributed by atoms with van der Waals surface area (Å²) in [5, 5.41) is 23.2. The van der Waals surface area contributed by atoms with Crippen molar-refractivity contribution < 1.29 is 19.1 Å². The number of amides is 1. The summed E-state index contributed by atoms with van der Waals surface area (Å²) in [7, 11) is 0. The summed E-state index contributed by atoms with van der Waals surface area (Å²) >= 11 is 0. The van der Waals surface area contributed by atoms with Crippen molar-refractivity contribution in [3.8, 4) is 0 Å². The quantitative estimate of drug-likeness (QED) is 0.689. The van der Waals surface area contributed by atoms with Crippen molar-refractivity contribution in [1.29, 1.82) is 0 Å². The van der Waals surface area contributed by atoms with Crippen LogP contribution in [0.3, 0.4) is 0 Å². The Bertz CT molecular complexity index is 793. The molecule has 0 spiro atoms. The van der Waals surface area contributed by atoms with Crippen molar-refractivity contribution in [3.05, 3.63) is 41.5 Å². The molecule has 0 saturated carbocycles. The van der Waals surface area contributed by atoms with Crippen LogP contribution in [0.1, 0.15) is 37.7 Å². The molecule has 27 heavy (non-hydrogen) atoms. The first-order chi connectivity index (χ1) is 12.8. The molecule has 1 aromatic heterocycles. The highest BCUT2D eigenvalue weighted by Gasteiger charge is 2.26. The summed E-state index contributed by atoms with van der Waals surface area (Å²) < 4.78 is 14.9. The molecule has 2 atom stereocenters. The second kappa shape index (κ2) is 9.20. The van der Waals surface area contributed by atoms with Crippen molar-refractivity contribution in [2.75, 3.05) is 6.54 Å². The van der Waals surface area contributed by atoms with E-state index in [-0.39, 0.29) is 18.9 Å². The van der Waals surface area contributed by atoms with Gasteiger partial charge in [-0.3, -0.25) is 9.59 Å². The van der Waals surface area contributed by atoms with E-state index < -0.39 is 29.7 Å². The van der Waals surface area contributed by atoms with Crippen LogP contribution in [0.15, 0.2) is 24.3 Å². The second-order valence-electron chi connectivity index (χ2n) is 6.93. The minimum Gasteiger partial charge on any atom is -0.481 e. The molecule has 0 aliphatic carbocycles. The Morgan fingerprint density at radius 3 is 2.63 bits per heavy atom. The Morgan fingerprint density at radius 2 is 2.07 bits per heavy atom. The Balaban J connectivity index is 2.16. The third kappa shape index (κ3) is 5.83. The number of hydrogen-bond donors (Lipinski definition) is 2. The summed E-state index contributed by atoms with van der Waals surface area (Å²) in [6, 6.07) is 5.13. The van der Waals surface area contributed by atoms with Crippen LogP contribution in [-0.4, -0.2) is 43.7 Å². The molecule has 2 N–H and O–H groups in total. The fraction of sp³-hybridized carbons (Fsp3) is 0.500. The molecule has 2 aromatic rings. The number of aryl methyl sites for hydroxylation is 1. The number of carbonyl (C=O) groups is 2. The van der Waals surface area contributed by atoms with Gasteiger partial charge in [-0.05, 0) is 47.4 Å². The molecule has 2 unspecified atom stereocenters. The Labute approximate surface area is 156 Å². The van der Waals surface area contributed by atoms with Gasteiger partial charge in [-0.25, -0.2) is 9.07 Å². The zero-order chi connectivity index (χ0) is 20.0. The number of tetrazole rings is 1. The van der Waals surface area contributed by atoms with Gasteiger partial charge in [0.05, 0.1) is 5.92 Å². The highest BCUT2D eigenvalue weighted by molar-refractivity contribution is 5.81. The zero-order valence-electron chi connectivity index (χ0n) is 15.6. The largest absolute Gasteiger partial charge is 0.481 e. The number of nitrogens with zero attached hydrogens (tertiary/aromatic N) is 4. The Kier molecular flexibility index (Phi) is 6.98. The molecule has 146 valence electrons.